The van der Waals surface area contributed by atoms with Gasteiger partial charge in [-0.1, -0.05) is 59.2 Å². The Morgan fingerprint density at radius 1 is 1.02 bits per heavy atom. The van der Waals surface area contributed by atoms with Gasteiger partial charge in [-0.15, -0.1) is 11.3 Å². The summed E-state index contributed by atoms with van der Waals surface area (Å²) < 4.78 is 30.0. The first-order valence-electron chi connectivity index (χ1n) is 15.1. The molecule has 1 saturated carbocycles. The van der Waals surface area contributed by atoms with E-state index in [9.17, 15) is 13.6 Å². The van der Waals surface area contributed by atoms with Gasteiger partial charge < -0.3 is 0 Å². The molecular weight excluding hydrogens is 635 g/mol. The molecule has 11 heteroatoms. The number of aromatic nitrogens is 2. The summed E-state index contributed by atoms with van der Waals surface area (Å²) >= 11 is 14.4. The lowest BCUT2D eigenvalue weighted by molar-refractivity contribution is 0.0516. The number of carbonyl (C=O) groups is 1. The summed E-state index contributed by atoms with van der Waals surface area (Å²) in [6, 6.07) is 17.1. The summed E-state index contributed by atoms with van der Waals surface area (Å²) in [4.78, 5) is 17.6. The third kappa shape index (κ3) is 6.15. The molecule has 45 heavy (non-hydrogen) atoms. The highest BCUT2D eigenvalue weighted by molar-refractivity contribution is 7.16. The van der Waals surface area contributed by atoms with Gasteiger partial charge in [0, 0.05) is 60.7 Å². The van der Waals surface area contributed by atoms with Crippen LogP contribution in [0.4, 0.5) is 8.78 Å². The molecule has 0 bridgehead atoms. The molecule has 4 heterocycles. The van der Waals surface area contributed by atoms with Crippen LogP contribution in [0.1, 0.15) is 51.3 Å². The summed E-state index contributed by atoms with van der Waals surface area (Å²) in [6.45, 7) is 4.40. The fraction of sp³-hybridized carbons (Fsp3) is 0.353. The zero-order valence-corrected chi connectivity index (χ0v) is 27.0. The Hall–Kier alpha value is -3.26. The van der Waals surface area contributed by atoms with Crippen LogP contribution in [0, 0.1) is 30.6 Å². The van der Waals surface area contributed by atoms with E-state index in [0.717, 1.165) is 47.7 Å². The highest BCUT2D eigenvalue weighted by atomic mass is 35.5. The third-order valence-corrected chi connectivity index (χ3v) is 10.4. The standard InChI is InChI=1S/C34H31Cl2F2N5OS/c1-21-5-7-22(8-6-21)9-11-24-12-14-30(45-24)32-25(18-41-19-26-27(20-41)34(26,37)38)31(33(44)40-42-15-3-2-4-16-42)39-43(32)29-13-10-23(35)17-28(29)36/h5-8,10,12-14,17,26-27H,2-4,15-16,18-20H2,1H3,(H,40,44). The number of rotatable bonds is 6. The van der Waals surface area contributed by atoms with Crippen molar-refractivity contribution >= 4 is 40.4 Å². The summed E-state index contributed by atoms with van der Waals surface area (Å²) in [6.07, 6.45) is 3.13. The number of aryl methyl sites for hydroxylation is 1. The first kappa shape index (κ1) is 30.4. The molecule has 3 fully saturated rings. The number of nitrogens with one attached hydrogen (secondary N) is 1. The van der Waals surface area contributed by atoms with Gasteiger partial charge in [-0.2, -0.15) is 5.10 Å². The summed E-state index contributed by atoms with van der Waals surface area (Å²) in [5, 5.41) is 7.65. The van der Waals surface area contributed by atoms with Gasteiger partial charge in [0.25, 0.3) is 11.8 Å². The Bertz CT molecular complexity index is 1810. The van der Waals surface area contributed by atoms with Crippen LogP contribution >= 0.6 is 34.5 Å². The molecule has 2 saturated heterocycles. The van der Waals surface area contributed by atoms with Crippen molar-refractivity contribution in [1.29, 1.82) is 0 Å². The number of amides is 1. The molecular formula is C34H31Cl2F2N5OS. The Kier molecular flexibility index (Phi) is 8.21. The largest absolute Gasteiger partial charge is 0.298 e. The van der Waals surface area contributed by atoms with E-state index >= 15 is 0 Å². The van der Waals surface area contributed by atoms with E-state index in [-0.39, 0.29) is 24.7 Å². The highest BCUT2D eigenvalue weighted by Crippen LogP contribution is 2.59. The lowest BCUT2D eigenvalue weighted by Crippen LogP contribution is -2.45. The average molecular weight is 667 g/mol. The maximum Gasteiger partial charge on any atom is 0.286 e. The van der Waals surface area contributed by atoms with Gasteiger partial charge in [0.1, 0.15) is 0 Å². The van der Waals surface area contributed by atoms with Gasteiger partial charge >= 0.3 is 0 Å². The summed E-state index contributed by atoms with van der Waals surface area (Å²) in [5.74, 6) is 2.27. The van der Waals surface area contributed by atoms with Crippen molar-refractivity contribution in [3.63, 3.8) is 0 Å². The number of alkyl halides is 2. The molecule has 7 rings (SSSR count). The zero-order valence-electron chi connectivity index (χ0n) is 24.6. The number of hydrazine groups is 1. The number of likely N-dealkylation sites (tertiary alicyclic amines) is 1. The second-order valence-corrected chi connectivity index (χ2v) is 14.0. The first-order chi connectivity index (χ1) is 21.7. The number of thiophene rings is 1. The molecule has 0 radical (unpaired) electrons. The number of fused-ring (bicyclic) bond motifs is 1. The van der Waals surface area contributed by atoms with E-state index in [1.807, 2.05) is 53.2 Å². The lowest BCUT2D eigenvalue weighted by Gasteiger charge is -2.26. The van der Waals surface area contributed by atoms with E-state index < -0.39 is 17.8 Å². The van der Waals surface area contributed by atoms with Crippen LogP contribution in [0.2, 0.25) is 10.0 Å². The molecule has 3 aliphatic rings. The number of piperidine rings is 2. The van der Waals surface area contributed by atoms with Crippen molar-refractivity contribution in [2.24, 2.45) is 11.8 Å². The molecule has 1 amide bonds. The predicted octanol–water partition coefficient (Wildman–Crippen LogP) is 7.44. The van der Waals surface area contributed by atoms with Crippen LogP contribution in [-0.2, 0) is 6.54 Å². The number of nitrogens with zero attached hydrogens (tertiary/aromatic N) is 4. The summed E-state index contributed by atoms with van der Waals surface area (Å²) in [7, 11) is 0. The zero-order chi connectivity index (χ0) is 31.3. The fourth-order valence-electron chi connectivity index (χ4n) is 6.31. The molecule has 0 spiro atoms. The quantitative estimate of drug-likeness (QED) is 0.218. The Morgan fingerprint density at radius 3 is 2.47 bits per heavy atom. The monoisotopic (exact) mass is 665 g/mol. The smallest absolute Gasteiger partial charge is 0.286 e. The second kappa shape index (κ2) is 12.2. The minimum atomic E-state index is -2.60. The van der Waals surface area contributed by atoms with Gasteiger partial charge in [-0.25, -0.2) is 18.5 Å². The van der Waals surface area contributed by atoms with Crippen molar-refractivity contribution in [1.82, 2.24) is 25.1 Å². The van der Waals surface area contributed by atoms with E-state index in [2.05, 4.69) is 17.3 Å². The van der Waals surface area contributed by atoms with Gasteiger partial charge in [0.15, 0.2) is 5.69 Å². The maximum atomic E-state index is 14.1. The normalized spacial score (nSPS) is 20.8. The van der Waals surface area contributed by atoms with E-state index in [1.165, 1.54) is 16.9 Å². The fourth-order valence-corrected chi connectivity index (χ4v) is 7.72. The van der Waals surface area contributed by atoms with Crippen molar-refractivity contribution < 1.29 is 13.6 Å². The Morgan fingerprint density at radius 2 is 1.76 bits per heavy atom. The van der Waals surface area contributed by atoms with E-state index in [4.69, 9.17) is 28.3 Å². The number of benzene rings is 2. The first-order valence-corrected chi connectivity index (χ1v) is 16.7. The van der Waals surface area contributed by atoms with E-state index in [1.54, 1.807) is 22.9 Å². The van der Waals surface area contributed by atoms with Crippen LogP contribution in [0.3, 0.4) is 0 Å². The van der Waals surface area contributed by atoms with Gasteiger partial charge in [0.05, 0.1) is 26.2 Å². The third-order valence-electron chi connectivity index (χ3n) is 8.83. The number of carbonyl (C=O) groups excluding carboxylic acids is 1. The van der Waals surface area contributed by atoms with Gasteiger partial charge in [-0.3, -0.25) is 15.1 Å². The molecule has 2 atom stereocenters. The molecule has 2 aromatic carbocycles. The van der Waals surface area contributed by atoms with Crippen LogP contribution in [0.5, 0.6) is 0 Å². The lowest BCUT2D eigenvalue weighted by atomic mass is 10.1. The molecule has 1 aliphatic carbocycles. The van der Waals surface area contributed by atoms with Crippen molar-refractivity contribution in [3.8, 4) is 28.1 Å². The molecule has 2 aromatic heterocycles. The predicted molar refractivity (Wildman–Crippen MR) is 174 cm³/mol. The average Bonchev–Trinajstić information content (AvgIpc) is 3.55. The van der Waals surface area contributed by atoms with Crippen molar-refractivity contribution in [3.05, 3.63) is 91.9 Å². The molecule has 4 aromatic rings. The highest BCUT2D eigenvalue weighted by Gasteiger charge is 2.71. The van der Waals surface area contributed by atoms with Gasteiger partial charge in [-0.05, 0) is 62.2 Å². The molecule has 6 nitrogen and oxygen atoms in total. The SMILES string of the molecule is Cc1ccc(C#Cc2ccc(-c3c(CN4CC5C(C4)C5(F)F)c(C(=O)NN4CCCCC4)nn3-c3ccc(Cl)cc3Cl)s2)cc1. The van der Waals surface area contributed by atoms with Crippen LogP contribution in [0.25, 0.3) is 16.3 Å². The topological polar surface area (TPSA) is 53.4 Å². The van der Waals surface area contributed by atoms with Crippen LogP contribution in [-0.4, -0.2) is 57.7 Å². The van der Waals surface area contributed by atoms with Crippen LogP contribution in [0.15, 0.2) is 54.6 Å². The van der Waals surface area contributed by atoms with Crippen LogP contribution < -0.4 is 5.43 Å². The second-order valence-electron chi connectivity index (χ2n) is 12.0. The molecule has 1 N–H and O–H groups in total. The molecule has 2 aliphatic heterocycles. The number of hydrogen-bond donors (Lipinski definition) is 1. The van der Waals surface area contributed by atoms with Gasteiger partial charge in [0.2, 0.25) is 0 Å². The summed E-state index contributed by atoms with van der Waals surface area (Å²) in [5.41, 5.74) is 7.29. The number of hydrogen-bond acceptors (Lipinski definition) is 5. The number of halogens is 4. The van der Waals surface area contributed by atoms with Crippen molar-refractivity contribution in [2.45, 2.75) is 38.7 Å². The minimum absolute atomic E-state index is 0.245. The molecule has 232 valence electrons. The van der Waals surface area contributed by atoms with Crippen molar-refractivity contribution in [2.75, 3.05) is 26.2 Å². The Balaban J connectivity index is 1.32. The maximum absolute atomic E-state index is 14.1. The molecule has 2 unspecified atom stereocenters. The Labute approximate surface area is 274 Å². The van der Waals surface area contributed by atoms with E-state index in [0.29, 0.717) is 33.5 Å². The minimum Gasteiger partial charge on any atom is -0.298 e.